The molecule has 3 N–H and O–H groups in total. The first-order chi connectivity index (χ1) is 10.1. The number of fused-ring (bicyclic) bond motifs is 1. The molecular formula is C15H17N5O. The minimum atomic E-state index is -0.253. The molecule has 2 amide bonds. The largest absolute Gasteiger partial charge is 0.357 e. The lowest BCUT2D eigenvalue weighted by atomic mass is 10.2. The van der Waals surface area contributed by atoms with Crippen molar-refractivity contribution in [3.8, 4) is 0 Å². The molecule has 2 aromatic heterocycles. The lowest BCUT2D eigenvalue weighted by Gasteiger charge is -2.06. The standard InChI is InChI=1S/C15H17N5O/c1-10-7-14(20(2)19-10)18-15(21)16-9-12-8-11-5-3-4-6-13(11)17-12/h3-8,17H,9H2,1-2H3,(H2,16,18,21). The van der Waals surface area contributed by atoms with E-state index in [-0.39, 0.29) is 6.03 Å². The van der Waals surface area contributed by atoms with Gasteiger partial charge in [-0.3, -0.25) is 10.00 Å². The number of nitrogens with one attached hydrogen (secondary N) is 3. The van der Waals surface area contributed by atoms with E-state index >= 15 is 0 Å². The van der Waals surface area contributed by atoms with Crippen molar-refractivity contribution in [1.82, 2.24) is 20.1 Å². The molecule has 21 heavy (non-hydrogen) atoms. The number of H-pyrrole nitrogens is 1. The molecule has 2 heterocycles. The summed E-state index contributed by atoms with van der Waals surface area (Å²) in [6, 6.07) is 11.6. The van der Waals surface area contributed by atoms with Gasteiger partial charge in [-0.1, -0.05) is 18.2 Å². The summed E-state index contributed by atoms with van der Waals surface area (Å²) in [4.78, 5) is 15.2. The topological polar surface area (TPSA) is 74.7 Å². The number of anilines is 1. The number of carbonyl (C=O) groups is 1. The first-order valence-electron chi connectivity index (χ1n) is 6.74. The molecule has 108 valence electrons. The highest BCUT2D eigenvalue weighted by molar-refractivity contribution is 5.88. The second-order valence-electron chi connectivity index (χ2n) is 4.98. The maximum atomic E-state index is 11.9. The fourth-order valence-corrected chi connectivity index (χ4v) is 2.29. The van der Waals surface area contributed by atoms with Gasteiger partial charge in [0.1, 0.15) is 5.82 Å². The number of aromatic nitrogens is 3. The minimum absolute atomic E-state index is 0.253. The van der Waals surface area contributed by atoms with E-state index in [0.29, 0.717) is 12.4 Å². The summed E-state index contributed by atoms with van der Waals surface area (Å²) in [5, 5.41) is 10.9. The summed E-state index contributed by atoms with van der Waals surface area (Å²) in [6.07, 6.45) is 0. The van der Waals surface area contributed by atoms with Crippen LogP contribution >= 0.6 is 0 Å². The first kappa shape index (κ1) is 13.2. The van der Waals surface area contributed by atoms with E-state index in [2.05, 4.69) is 20.7 Å². The number of para-hydroxylation sites is 1. The van der Waals surface area contributed by atoms with Gasteiger partial charge in [-0.2, -0.15) is 5.10 Å². The van der Waals surface area contributed by atoms with Crippen LogP contribution in [0, 0.1) is 6.92 Å². The Balaban J connectivity index is 1.61. The molecule has 0 saturated heterocycles. The quantitative estimate of drug-likeness (QED) is 0.691. The van der Waals surface area contributed by atoms with Crippen molar-refractivity contribution in [2.45, 2.75) is 13.5 Å². The van der Waals surface area contributed by atoms with Crippen LogP contribution in [0.3, 0.4) is 0 Å². The average Bonchev–Trinajstić information content (AvgIpc) is 2.99. The molecule has 0 saturated carbocycles. The second kappa shape index (κ2) is 5.32. The van der Waals surface area contributed by atoms with Crippen LogP contribution in [0.1, 0.15) is 11.4 Å². The predicted octanol–water partition coefficient (Wildman–Crippen LogP) is 2.53. The lowest BCUT2D eigenvalue weighted by Crippen LogP contribution is -2.29. The predicted molar refractivity (Wildman–Crippen MR) is 82.1 cm³/mol. The number of rotatable bonds is 3. The number of benzene rings is 1. The number of amides is 2. The van der Waals surface area contributed by atoms with Gasteiger partial charge in [-0.15, -0.1) is 0 Å². The molecule has 0 unspecified atom stereocenters. The number of urea groups is 1. The molecule has 0 fully saturated rings. The summed E-state index contributed by atoms with van der Waals surface area (Å²) in [7, 11) is 1.79. The van der Waals surface area contributed by atoms with Crippen molar-refractivity contribution in [3.63, 3.8) is 0 Å². The molecule has 0 aliphatic rings. The number of nitrogens with zero attached hydrogens (tertiary/aromatic N) is 2. The lowest BCUT2D eigenvalue weighted by molar-refractivity contribution is 0.251. The molecular weight excluding hydrogens is 266 g/mol. The fourth-order valence-electron chi connectivity index (χ4n) is 2.29. The summed E-state index contributed by atoms with van der Waals surface area (Å²) in [6.45, 7) is 2.32. The van der Waals surface area contributed by atoms with Gasteiger partial charge in [-0.05, 0) is 24.4 Å². The zero-order valence-electron chi connectivity index (χ0n) is 12.0. The maximum absolute atomic E-state index is 11.9. The molecule has 3 rings (SSSR count). The van der Waals surface area contributed by atoms with Crippen LogP contribution in [-0.2, 0) is 13.6 Å². The third-order valence-corrected chi connectivity index (χ3v) is 3.27. The van der Waals surface area contributed by atoms with E-state index < -0.39 is 0 Å². The summed E-state index contributed by atoms with van der Waals surface area (Å²) in [5.41, 5.74) is 2.90. The van der Waals surface area contributed by atoms with Crippen LogP contribution < -0.4 is 10.6 Å². The molecule has 0 aliphatic heterocycles. The van der Waals surface area contributed by atoms with Gasteiger partial charge in [0.15, 0.2) is 0 Å². The number of carbonyl (C=O) groups excluding carboxylic acids is 1. The van der Waals surface area contributed by atoms with E-state index in [0.717, 1.165) is 22.3 Å². The monoisotopic (exact) mass is 283 g/mol. The van der Waals surface area contributed by atoms with Gasteiger partial charge in [0.2, 0.25) is 0 Å². The summed E-state index contributed by atoms with van der Waals surface area (Å²) < 4.78 is 1.64. The second-order valence-corrected chi connectivity index (χ2v) is 4.98. The average molecular weight is 283 g/mol. The van der Waals surface area contributed by atoms with Gasteiger partial charge in [-0.25, -0.2) is 4.79 Å². The van der Waals surface area contributed by atoms with Gasteiger partial charge >= 0.3 is 6.03 Å². The van der Waals surface area contributed by atoms with Crippen LogP contribution in [0.2, 0.25) is 0 Å². The molecule has 0 spiro atoms. The molecule has 6 heteroatoms. The van der Waals surface area contributed by atoms with Crippen molar-refractivity contribution in [2.24, 2.45) is 7.05 Å². The highest BCUT2D eigenvalue weighted by atomic mass is 16.2. The van der Waals surface area contributed by atoms with Crippen LogP contribution in [0.5, 0.6) is 0 Å². The SMILES string of the molecule is Cc1cc(NC(=O)NCc2cc3ccccc3[nH]2)n(C)n1. The molecule has 1 aromatic carbocycles. The highest BCUT2D eigenvalue weighted by Crippen LogP contribution is 2.14. The Morgan fingerprint density at radius 1 is 1.33 bits per heavy atom. The van der Waals surface area contributed by atoms with E-state index in [4.69, 9.17) is 0 Å². The first-order valence-corrected chi connectivity index (χ1v) is 6.74. The Bertz CT molecular complexity index is 753. The molecule has 0 aliphatic carbocycles. The molecule has 0 radical (unpaired) electrons. The smallest absolute Gasteiger partial charge is 0.320 e. The zero-order chi connectivity index (χ0) is 14.8. The molecule has 0 atom stereocenters. The van der Waals surface area contributed by atoms with Crippen molar-refractivity contribution in [2.75, 3.05) is 5.32 Å². The van der Waals surface area contributed by atoms with Crippen molar-refractivity contribution in [3.05, 3.63) is 47.8 Å². The van der Waals surface area contributed by atoms with Crippen LogP contribution in [-0.4, -0.2) is 20.8 Å². The Morgan fingerprint density at radius 2 is 2.14 bits per heavy atom. The van der Waals surface area contributed by atoms with Crippen molar-refractivity contribution in [1.29, 1.82) is 0 Å². The third kappa shape index (κ3) is 2.89. The maximum Gasteiger partial charge on any atom is 0.320 e. The molecule has 6 nitrogen and oxygen atoms in total. The molecule has 0 bridgehead atoms. The van der Waals surface area contributed by atoms with Crippen molar-refractivity contribution < 1.29 is 4.79 Å². The van der Waals surface area contributed by atoms with Crippen LogP contribution in [0.25, 0.3) is 10.9 Å². The number of aromatic amines is 1. The highest BCUT2D eigenvalue weighted by Gasteiger charge is 2.07. The zero-order valence-corrected chi connectivity index (χ0v) is 12.0. The van der Waals surface area contributed by atoms with Gasteiger partial charge in [0.05, 0.1) is 12.2 Å². The number of hydrogen-bond acceptors (Lipinski definition) is 2. The summed E-state index contributed by atoms with van der Waals surface area (Å²) in [5.74, 6) is 0.668. The van der Waals surface area contributed by atoms with E-state index in [1.54, 1.807) is 11.7 Å². The van der Waals surface area contributed by atoms with Gasteiger partial charge < -0.3 is 10.3 Å². The third-order valence-electron chi connectivity index (χ3n) is 3.27. The van der Waals surface area contributed by atoms with E-state index in [1.807, 2.05) is 43.3 Å². The minimum Gasteiger partial charge on any atom is -0.357 e. The van der Waals surface area contributed by atoms with Gasteiger partial charge in [0, 0.05) is 24.3 Å². The van der Waals surface area contributed by atoms with Crippen LogP contribution in [0.15, 0.2) is 36.4 Å². The van der Waals surface area contributed by atoms with Gasteiger partial charge in [0.25, 0.3) is 0 Å². The number of aryl methyl sites for hydroxylation is 2. The Labute approximate surface area is 122 Å². The normalized spacial score (nSPS) is 10.8. The van der Waals surface area contributed by atoms with Crippen LogP contribution in [0.4, 0.5) is 10.6 Å². The summed E-state index contributed by atoms with van der Waals surface area (Å²) >= 11 is 0. The Kier molecular flexibility index (Phi) is 3.35. The van der Waals surface area contributed by atoms with Crippen molar-refractivity contribution >= 4 is 22.8 Å². The number of hydrogen-bond donors (Lipinski definition) is 3. The Hall–Kier alpha value is -2.76. The Morgan fingerprint density at radius 3 is 2.86 bits per heavy atom. The fraction of sp³-hybridized carbons (Fsp3) is 0.200. The van der Waals surface area contributed by atoms with E-state index in [1.165, 1.54) is 0 Å². The van der Waals surface area contributed by atoms with E-state index in [9.17, 15) is 4.79 Å². The molecule has 3 aromatic rings.